The fourth-order valence-electron chi connectivity index (χ4n) is 1.90. The van der Waals surface area contributed by atoms with Gasteiger partial charge in [0.2, 0.25) is 0 Å². The molecule has 0 unspecified atom stereocenters. The van der Waals surface area contributed by atoms with E-state index in [1.807, 2.05) is 11.4 Å². The first-order chi connectivity index (χ1) is 9.88. The smallest absolute Gasteiger partial charge is 0.273 e. The molecule has 2 rings (SSSR count). The molecule has 2 aromatic rings. The highest BCUT2D eigenvalue weighted by Gasteiger charge is 2.18. The third-order valence-corrected chi connectivity index (χ3v) is 4.70. The van der Waals surface area contributed by atoms with Crippen LogP contribution in [0.1, 0.15) is 20.8 Å². The van der Waals surface area contributed by atoms with E-state index >= 15 is 0 Å². The minimum Gasteiger partial charge on any atom is -0.337 e. The van der Waals surface area contributed by atoms with Gasteiger partial charge in [-0.25, -0.2) is 0 Å². The van der Waals surface area contributed by atoms with Crippen molar-refractivity contribution < 1.29 is 9.72 Å². The van der Waals surface area contributed by atoms with Gasteiger partial charge < -0.3 is 4.90 Å². The van der Waals surface area contributed by atoms with Crippen LogP contribution in [-0.2, 0) is 6.54 Å². The molecule has 0 bridgehead atoms. The van der Waals surface area contributed by atoms with Crippen LogP contribution in [0.2, 0.25) is 0 Å². The van der Waals surface area contributed by atoms with E-state index in [1.54, 1.807) is 42.3 Å². The number of rotatable bonds is 4. The molecule has 0 fully saturated rings. The molecule has 0 aliphatic heterocycles. The van der Waals surface area contributed by atoms with E-state index in [-0.39, 0.29) is 11.6 Å². The van der Waals surface area contributed by atoms with Crippen molar-refractivity contribution in [1.29, 1.82) is 0 Å². The van der Waals surface area contributed by atoms with Gasteiger partial charge in [0, 0.05) is 39.0 Å². The van der Waals surface area contributed by atoms with Gasteiger partial charge >= 0.3 is 0 Å². The van der Waals surface area contributed by atoms with Gasteiger partial charge in [0.05, 0.1) is 11.5 Å². The van der Waals surface area contributed by atoms with Gasteiger partial charge in [0.1, 0.15) is 0 Å². The van der Waals surface area contributed by atoms with Crippen LogP contribution in [-0.4, -0.2) is 22.8 Å². The second kappa shape index (κ2) is 6.36. The highest BCUT2D eigenvalue weighted by Crippen LogP contribution is 2.23. The van der Waals surface area contributed by atoms with Crippen molar-refractivity contribution in [3.8, 4) is 0 Å². The number of nitro groups is 1. The van der Waals surface area contributed by atoms with Gasteiger partial charge in [0.25, 0.3) is 11.6 Å². The summed E-state index contributed by atoms with van der Waals surface area (Å²) in [4.78, 5) is 25.4. The molecule has 1 aromatic heterocycles. The Morgan fingerprint density at radius 1 is 1.43 bits per heavy atom. The predicted octanol–water partition coefficient (Wildman–Crippen LogP) is 4.00. The van der Waals surface area contributed by atoms with Gasteiger partial charge in [-0.15, -0.1) is 11.3 Å². The Morgan fingerprint density at radius 2 is 2.14 bits per heavy atom. The number of hydrogen-bond acceptors (Lipinski definition) is 4. The molecule has 1 heterocycles. The second-order valence-electron chi connectivity index (χ2n) is 4.65. The van der Waals surface area contributed by atoms with E-state index < -0.39 is 4.92 Å². The average Bonchev–Trinajstić information content (AvgIpc) is 2.83. The van der Waals surface area contributed by atoms with E-state index in [1.165, 1.54) is 6.07 Å². The first-order valence-corrected chi connectivity index (χ1v) is 7.79. The lowest BCUT2D eigenvalue weighted by Crippen LogP contribution is -2.25. The Labute approximate surface area is 134 Å². The van der Waals surface area contributed by atoms with E-state index in [2.05, 4.69) is 15.9 Å². The number of nitrogens with zero attached hydrogens (tertiary/aromatic N) is 2. The summed E-state index contributed by atoms with van der Waals surface area (Å²) in [6, 6.07) is 6.50. The van der Waals surface area contributed by atoms with Crippen molar-refractivity contribution >= 4 is 38.9 Å². The Hall–Kier alpha value is -1.73. The summed E-state index contributed by atoms with van der Waals surface area (Å²) in [5, 5.41) is 12.9. The van der Waals surface area contributed by atoms with Crippen LogP contribution in [0.15, 0.2) is 34.1 Å². The molecule has 0 aliphatic rings. The number of thiophene rings is 1. The fourth-order valence-corrected chi connectivity index (χ4v) is 3.41. The quantitative estimate of drug-likeness (QED) is 0.605. The molecule has 5 nitrogen and oxygen atoms in total. The minimum absolute atomic E-state index is 0.0341. The molecule has 1 aromatic carbocycles. The van der Waals surface area contributed by atoms with Crippen LogP contribution >= 0.6 is 27.3 Å². The zero-order valence-electron chi connectivity index (χ0n) is 11.5. The zero-order valence-corrected chi connectivity index (χ0v) is 13.9. The summed E-state index contributed by atoms with van der Waals surface area (Å²) in [6.07, 6.45) is 0. The number of benzene rings is 1. The number of hydrogen-bond donors (Lipinski definition) is 0. The van der Waals surface area contributed by atoms with Crippen LogP contribution in [0.25, 0.3) is 0 Å². The number of nitro benzene ring substituents is 1. The molecule has 110 valence electrons. The summed E-state index contributed by atoms with van der Waals surface area (Å²) in [5.41, 5.74) is 0.833. The summed E-state index contributed by atoms with van der Waals surface area (Å²) in [7, 11) is 1.68. The average molecular weight is 369 g/mol. The molecule has 0 spiro atoms. The third-order valence-electron chi connectivity index (χ3n) is 3.01. The third kappa shape index (κ3) is 3.68. The topological polar surface area (TPSA) is 63.5 Å². The lowest BCUT2D eigenvalue weighted by atomic mass is 10.1. The van der Waals surface area contributed by atoms with Crippen LogP contribution < -0.4 is 0 Å². The van der Waals surface area contributed by atoms with Gasteiger partial charge in [0.15, 0.2) is 0 Å². The zero-order chi connectivity index (χ0) is 15.6. The van der Waals surface area contributed by atoms with Crippen LogP contribution in [0, 0.1) is 17.0 Å². The molecule has 0 saturated carbocycles. The van der Waals surface area contributed by atoms with Gasteiger partial charge in [-0.05, 0) is 35.0 Å². The number of carbonyl (C=O) groups excluding carboxylic acids is 1. The van der Waals surface area contributed by atoms with Crippen molar-refractivity contribution in [1.82, 2.24) is 4.90 Å². The molecule has 21 heavy (non-hydrogen) atoms. The SMILES string of the molecule is Cc1ccc(C(=O)N(C)Cc2cc(Br)cs2)cc1[N+](=O)[O-]. The first-order valence-electron chi connectivity index (χ1n) is 6.12. The largest absolute Gasteiger partial charge is 0.337 e. The Kier molecular flexibility index (Phi) is 4.74. The van der Waals surface area contributed by atoms with Crippen molar-refractivity contribution in [2.45, 2.75) is 13.5 Å². The normalized spacial score (nSPS) is 10.4. The highest BCUT2D eigenvalue weighted by atomic mass is 79.9. The Morgan fingerprint density at radius 3 is 2.71 bits per heavy atom. The van der Waals surface area contributed by atoms with E-state index in [0.29, 0.717) is 17.7 Å². The molecule has 1 amide bonds. The van der Waals surface area contributed by atoms with Gasteiger partial charge in [-0.2, -0.15) is 0 Å². The minimum atomic E-state index is -0.470. The molecule has 0 aliphatic carbocycles. The summed E-state index contributed by atoms with van der Waals surface area (Å²) in [5.74, 6) is -0.234. The van der Waals surface area contributed by atoms with Crippen molar-refractivity contribution in [3.05, 3.63) is 60.2 Å². The summed E-state index contributed by atoms with van der Waals surface area (Å²) in [6.45, 7) is 2.12. The number of amides is 1. The number of halogens is 1. The fraction of sp³-hybridized carbons (Fsp3) is 0.214. The maximum Gasteiger partial charge on any atom is 0.273 e. The molecular weight excluding hydrogens is 356 g/mol. The van der Waals surface area contributed by atoms with E-state index in [0.717, 1.165) is 9.35 Å². The van der Waals surface area contributed by atoms with E-state index in [4.69, 9.17) is 0 Å². The molecule has 0 N–H and O–H groups in total. The number of carbonyl (C=O) groups is 1. The van der Waals surface area contributed by atoms with Crippen molar-refractivity contribution in [2.75, 3.05) is 7.05 Å². The van der Waals surface area contributed by atoms with Crippen LogP contribution in [0.4, 0.5) is 5.69 Å². The Balaban J connectivity index is 2.19. The Bertz CT molecular complexity index is 699. The maximum atomic E-state index is 12.3. The van der Waals surface area contributed by atoms with E-state index in [9.17, 15) is 14.9 Å². The van der Waals surface area contributed by atoms with Gasteiger partial charge in [-0.3, -0.25) is 14.9 Å². The number of aryl methyl sites for hydroxylation is 1. The monoisotopic (exact) mass is 368 g/mol. The predicted molar refractivity (Wildman–Crippen MR) is 85.6 cm³/mol. The molecule has 7 heteroatoms. The lowest BCUT2D eigenvalue weighted by Gasteiger charge is -2.16. The van der Waals surface area contributed by atoms with Crippen LogP contribution in [0.5, 0.6) is 0 Å². The summed E-state index contributed by atoms with van der Waals surface area (Å²) < 4.78 is 0.981. The standard InChI is InChI=1S/C14H13BrN2O3S/c1-9-3-4-10(5-13(9)17(19)20)14(18)16(2)7-12-6-11(15)8-21-12/h3-6,8H,7H2,1-2H3. The summed E-state index contributed by atoms with van der Waals surface area (Å²) >= 11 is 4.92. The molecule has 0 atom stereocenters. The maximum absolute atomic E-state index is 12.3. The molecular formula is C14H13BrN2O3S. The van der Waals surface area contributed by atoms with Gasteiger partial charge in [-0.1, -0.05) is 6.07 Å². The second-order valence-corrected chi connectivity index (χ2v) is 6.56. The first kappa shape index (κ1) is 15.7. The van der Waals surface area contributed by atoms with Crippen molar-refractivity contribution in [2.24, 2.45) is 0 Å². The van der Waals surface area contributed by atoms with Crippen LogP contribution in [0.3, 0.4) is 0 Å². The van der Waals surface area contributed by atoms with Crippen molar-refractivity contribution in [3.63, 3.8) is 0 Å². The highest BCUT2D eigenvalue weighted by molar-refractivity contribution is 9.10. The molecule has 0 saturated heterocycles. The molecule has 0 radical (unpaired) electrons. The lowest BCUT2D eigenvalue weighted by molar-refractivity contribution is -0.385.